The highest BCUT2D eigenvalue weighted by Crippen LogP contribution is 2.22. The van der Waals surface area contributed by atoms with E-state index in [-0.39, 0.29) is 49.1 Å². The quantitative estimate of drug-likeness (QED) is 0.618. The topological polar surface area (TPSA) is 88.5 Å². The Morgan fingerprint density at radius 2 is 1.83 bits per heavy atom. The number of anilines is 1. The monoisotopic (exact) mass is 471 g/mol. The van der Waals surface area contributed by atoms with Gasteiger partial charge in [0.25, 0.3) is 0 Å². The molecule has 2 N–H and O–H groups in total. The Balaban J connectivity index is 0.00000261. The van der Waals surface area contributed by atoms with Crippen molar-refractivity contribution in [2.24, 2.45) is 5.92 Å². The van der Waals surface area contributed by atoms with Gasteiger partial charge in [-0.25, -0.2) is 4.98 Å². The van der Waals surface area contributed by atoms with E-state index in [0.717, 1.165) is 51.9 Å². The Hall–Kier alpha value is -1.06. The number of esters is 1. The number of hydrogen-bond donors (Lipinski definition) is 2. The van der Waals surface area contributed by atoms with Crippen molar-refractivity contribution in [1.82, 2.24) is 19.8 Å². The van der Waals surface area contributed by atoms with Crippen LogP contribution in [-0.4, -0.2) is 66.2 Å². The van der Waals surface area contributed by atoms with E-state index in [1.165, 1.54) is 7.11 Å². The fourth-order valence-electron chi connectivity index (χ4n) is 3.76. The van der Waals surface area contributed by atoms with Gasteiger partial charge in [-0.2, -0.15) is 0 Å². The molecule has 0 spiro atoms. The molecule has 0 aromatic carbocycles. The molecule has 0 unspecified atom stereocenters. The van der Waals surface area contributed by atoms with Gasteiger partial charge in [0.15, 0.2) is 5.82 Å². The maximum Gasteiger partial charge on any atom is 0.319 e. The predicted molar refractivity (Wildman–Crippen MR) is 120 cm³/mol. The summed E-state index contributed by atoms with van der Waals surface area (Å²) >= 11 is 0. The normalized spacial score (nSPS) is 18.0. The summed E-state index contributed by atoms with van der Waals surface area (Å²) in [5.41, 5.74) is 0. The third-order valence-corrected chi connectivity index (χ3v) is 5.36. The van der Waals surface area contributed by atoms with E-state index >= 15 is 0 Å². The number of hydrogen-bond acceptors (Lipinski definition) is 6. The van der Waals surface area contributed by atoms with Crippen LogP contribution in [0.2, 0.25) is 0 Å². The maximum absolute atomic E-state index is 12.3. The van der Waals surface area contributed by atoms with Gasteiger partial charge in [0.05, 0.1) is 20.0 Å². The second-order valence-electron chi connectivity index (χ2n) is 7.24. The van der Waals surface area contributed by atoms with E-state index in [1.807, 2.05) is 12.5 Å². The van der Waals surface area contributed by atoms with Crippen LogP contribution in [0.5, 0.6) is 0 Å². The van der Waals surface area contributed by atoms with Crippen molar-refractivity contribution in [2.45, 2.75) is 38.1 Å². The van der Waals surface area contributed by atoms with Crippen LogP contribution in [0.25, 0.3) is 0 Å². The van der Waals surface area contributed by atoms with Crippen LogP contribution in [-0.2, 0) is 14.3 Å². The molecule has 0 aliphatic carbocycles. The van der Waals surface area contributed by atoms with E-state index in [2.05, 4.69) is 25.1 Å². The Kier molecular flexibility index (Phi) is 13.5. The minimum atomic E-state index is -0.203. The first-order valence-electron chi connectivity index (χ1n) is 9.47. The standard InChI is InChI=1S/C18H29N5O3.3ClH/c1-26-18(25)12-22-8-4-14(5-9-22)10-17(24)21-16-11-23(13-20-16)15-2-6-19-7-3-15;;;/h11,13-15,19H,2-10,12H2,1H3,(H,21,24);3*1H. The molecule has 2 aliphatic rings. The summed E-state index contributed by atoms with van der Waals surface area (Å²) in [7, 11) is 1.41. The number of aromatic nitrogens is 2. The fraction of sp³-hybridized carbons (Fsp3) is 0.722. The molecule has 1 aromatic heterocycles. The lowest BCUT2D eigenvalue weighted by atomic mass is 9.93. The molecule has 11 heteroatoms. The average Bonchev–Trinajstić information content (AvgIpc) is 3.12. The van der Waals surface area contributed by atoms with Crippen LogP contribution in [0.15, 0.2) is 12.5 Å². The second kappa shape index (κ2) is 14.0. The first kappa shape index (κ1) is 27.9. The molecule has 2 fully saturated rings. The summed E-state index contributed by atoms with van der Waals surface area (Å²) in [6, 6.07) is 0.466. The fourth-order valence-corrected chi connectivity index (χ4v) is 3.76. The van der Waals surface area contributed by atoms with Crippen LogP contribution >= 0.6 is 37.2 Å². The molecule has 1 amide bonds. The molecule has 3 heterocycles. The van der Waals surface area contributed by atoms with Gasteiger partial charge in [0.1, 0.15) is 0 Å². The number of nitrogens with zero attached hydrogens (tertiary/aromatic N) is 3. The number of halogens is 3. The van der Waals surface area contributed by atoms with Crippen molar-refractivity contribution >= 4 is 54.9 Å². The summed E-state index contributed by atoms with van der Waals surface area (Å²) in [5, 5.41) is 6.28. The molecule has 3 rings (SSSR count). The number of imidazole rings is 1. The number of ether oxygens (including phenoxy) is 1. The largest absolute Gasteiger partial charge is 0.468 e. The summed E-state index contributed by atoms with van der Waals surface area (Å²) < 4.78 is 6.81. The van der Waals surface area contributed by atoms with Crippen molar-refractivity contribution in [3.8, 4) is 0 Å². The van der Waals surface area contributed by atoms with Crippen molar-refractivity contribution in [2.75, 3.05) is 45.2 Å². The Bertz CT molecular complexity index is 618. The third-order valence-electron chi connectivity index (χ3n) is 5.36. The van der Waals surface area contributed by atoms with Crippen LogP contribution < -0.4 is 10.6 Å². The lowest BCUT2D eigenvalue weighted by molar-refractivity contribution is -0.142. The smallest absolute Gasteiger partial charge is 0.319 e. The summed E-state index contributed by atoms with van der Waals surface area (Å²) in [6.07, 6.45) is 8.29. The molecule has 2 aliphatic heterocycles. The third kappa shape index (κ3) is 8.68. The SMILES string of the molecule is COC(=O)CN1CCC(CC(=O)Nc2cn(C3CCNCC3)cn2)CC1.Cl.Cl.Cl. The van der Waals surface area contributed by atoms with Crippen LogP contribution in [0.4, 0.5) is 5.82 Å². The Morgan fingerprint density at radius 3 is 2.45 bits per heavy atom. The summed E-state index contributed by atoms with van der Waals surface area (Å²) in [5.74, 6) is 0.810. The molecule has 29 heavy (non-hydrogen) atoms. The Labute approximate surface area is 190 Å². The van der Waals surface area contributed by atoms with Gasteiger partial charge in [-0.1, -0.05) is 0 Å². The highest BCUT2D eigenvalue weighted by Gasteiger charge is 2.23. The molecule has 0 bridgehead atoms. The first-order chi connectivity index (χ1) is 12.6. The molecule has 0 saturated carbocycles. The summed E-state index contributed by atoms with van der Waals surface area (Å²) in [4.78, 5) is 30.0. The highest BCUT2D eigenvalue weighted by atomic mass is 35.5. The van der Waals surface area contributed by atoms with Gasteiger partial charge in [-0.15, -0.1) is 37.2 Å². The number of methoxy groups -OCH3 is 1. The lowest BCUT2D eigenvalue weighted by Gasteiger charge is -2.30. The van der Waals surface area contributed by atoms with Gasteiger partial charge in [-0.3, -0.25) is 14.5 Å². The summed E-state index contributed by atoms with van der Waals surface area (Å²) in [6.45, 7) is 4.05. The molecule has 0 atom stereocenters. The highest BCUT2D eigenvalue weighted by molar-refractivity contribution is 5.89. The van der Waals surface area contributed by atoms with Gasteiger partial charge in [-0.05, 0) is 57.8 Å². The van der Waals surface area contributed by atoms with Crippen LogP contribution in [0, 0.1) is 5.92 Å². The molecule has 168 valence electrons. The minimum Gasteiger partial charge on any atom is -0.468 e. The molecule has 2 saturated heterocycles. The molecule has 8 nitrogen and oxygen atoms in total. The molecular weight excluding hydrogens is 441 g/mol. The van der Waals surface area contributed by atoms with Crippen molar-refractivity contribution in [3.63, 3.8) is 0 Å². The molecule has 0 radical (unpaired) electrons. The zero-order valence-corrected chi connectivity index (χ0v) is 19.1. The number of amides is 1. The van der Waals surface area contributed by atoms with Crippen LogP contribution in [0.1, 0.15) is 38.1 Å². The maximum atomic E-state index is 12.3. The number of nitrogens with one attached hydrogen (secondary N) is 2. The number of carbonyl (C=O) groups excluding carboxylic acids is 2. The number of carbonyl (C=O) groups is 2. The number of piperidine rings is 2. The molecular formula is C18H32Cl3N5O3. The van der Waals surface area contributed by atoms with Crippen LogP contribution in [0.3, 0.4) is 0 Å². The lowest BCUT2D eigenvalue weighted by Crippen LogP contribution is -2.38. The zero-order valence-electron chi connectivity index (χ0n) is 16.7. The predicted octanol–water partition coefficient (Wildman–Crippen LogP) is 2.29. The van der Waals surface area contributed by atoms with Gasteiger partial charge >= 0.3 is 5.97 Å². The van der Waals surface area contributed by atoms with Gasteiger partial charge in [0, 0.05) is 18.7 Å². The number of rotatable bonds is 6. The van der Waals surface area contributed by atoms with E-state index in [1.54, 1.807) is 0 Å². The molecule has 1 aromatic rings. The van der Waals surface area contributed by atoms with Gasteiger partial charge < -0.3 is 19.9 Å². The van der Waals surface area contributed by atoms with Crippen molar-refractivity contribution in [1.29, 1.82) is 0 Å². The van der Waals surface area contributed by atoms with E-state index < -0.39 is 0 Å². The average molecular weight is 473 g/mol. The minimum absolute atomic E-state index is 0. The van der Waals surface area contributed by atoms with E-state index in [0.29, 0.717) is 30.7 Å². The van der Waals surface area contributed by atoms with Crippen molar-refractivity contribution < 1.29 is 14.3 Å². The Morgan fingerprint density at radius 1 is 1.17 bits per heavy atom. The first-order valence-corrected chi connectivity index (χ1v) is 9.47. The van der Waals surface area contributed by atoms with Gasteiger partial charge in [0.2, 0.25) is 5.91 Å². The van der Waals surface area contributed by atoms with Crippen molar-refractivity contribution in [3.05, 3.63) is 12.5 Å². The number of likely N-dealkylation sites (tertiary alicyclic amines) is 1. The van der Waals surface area contributed by atoms with E-state index in [4.69, 9.17) is 4.74 Å². The zero-order chi connectivity index (χ0) is 18.4. The second-order valence-corrected chi connectivity index (χ2v) is 7.24. The van der Waals surface area contributed by atoms with E-state index in [9.17, 15) is 9.59 Å².